The summed E-state index contributed by atoms with van der Waals surface area (Å²) < 4.78 is 5.85. The van der Waals surface area contributed by atoms with Gasteiger partial charge in [0.1, 0.15) is 0 Å². The van der Waals surface area contributed by atoms with Crippen LogP contribution in [0.1, 0.15) is 25.8 Å². The van der Waals surface area contributed by atoms with Gasteiger partial charge in [-0.1, -0.05) is 43.6 Å². The number of hydrogen-bond donors (Lipinski definition) is 2. The Balaban J connectivity index is 1.52. The normalized spacial score (nSPS) is 28.9. The van der Waals surface area contributed by atoms with Crippen molar-refractivity contribution in [3.8, 4) is 0 Å². The van der Waals surface area contributed by atoms with Gasteiger partial charge in [-0.3, -0.25) is 4.99 Å². The number of benzene rings is 1. The lowest BCUT2D eigenvalue weighted by Gasteiger charge is -2.54. The van der Waals surface area contributed by atoms with E-state index >= 15 is 0 Å². The summed E-state index contributed by atoms with van der Waals surface area (Å²) in [5, 5.41) is 7.82. The summed E-state index contributed by atoms with van der Waals surface area (Å²) in [5.74, 6) is 1.47. The van der Waals surface area contributed by atoms with Crippen LogP contribution in [0.25, 0.3) is 0 Å². The van der Waals surface area contributed by atoms with Crippen molar-refractivity contribution in [2.24, 2.45) is 16.3 Å². The topological polar surface area (TPSA) is 45.7 Å². The number of nitrogens with one attached hydrogen (secondary N) is 2. The minimum atomic E-state index is 0.154. The van der Waals surface area contributed by atoms with Crippen molar-refractivity contribution >= 4 is 17.6 Å². The summed E-state index contributed by atoms with van der Waals surface area (Å²) in [5.41, 5.74) is 1.31. The number of nitrogens with zero attached hydrogens (tertiary/aromatic N) is 1. The summed E-state index contributed by atoms with van der Waals surface area (Å²) in [6.07, 6.45) is 2.41. The van der Waals surface area contributed by atoms with Crippen molar-refractivity contribution in [1.82, 2.24) is 10.6 Å². The first-order chi connectivity index (χ1) is 11.0. The summed E-state index contributed by atoms with van der Waals surface area (Å²) in [4.78, 5) is 4.36. The van der Waals surface area contributed by atoms with E-state index in [1.54, 1.807) is 0 Å². The highest BCUT2D eigenvalue weighted by molar-refractivity contribution is 6.31. The Morgan fingerprint density at radius 3 is 2.91 bits per heavy atom. The second kappa shape index (κ2) is 6.70. The number of guanidine groups is 1. The highest BCUT2D eigenvalue weighted by atomic mass is 35.5. The van der Waals surface area contributed by atoms with Gasteiger partial charge in [-0.05, 0) is 24.5 Å². The molecule has 3 rings (SSSR count). The van der Waals surface area contributed by atoms with Crippen molar-refractivity contribution in [3.05, 3.63) is 34.9 Å². The standard InChI is InChI=1S/C18H26ClN3O/c1-18(2)15(13-9-11-23-16(13)18)22-17(20-3)21-10-8-12-6-4-5-7-14(12)19/h4-7,13,15-16H,8-11H2,1-3H3,(H2,20,21,22). The molecule has 1 saturated carbocycles. The average Bonchev–Trinajstić information content (AvgIpc) is 2.99. The maximum absolute atomic E-state index is 6.20. The molecule has 1 aromatic rings. The molecule has 1 aromatic carbocycles. The van der Waals surface area contributed by atoms with Crippen LogP contribution in [0.15, 0.2) is 29.3 Å². The van der Waals surface area contributed by atoms with Gasteiger partial charge in [0, 0.05) is 42.6 Å². The van der Waals surface area contributed by atoms with Crippen LogP contribution in [-0.2, 0) is 11.2 Å². The van der Waals surface area contributed by atoms with E-state index in [1.165, 1.54) is 0 Å². The quantitative estimate of drug-likeness (QED) is 0.657. The first-order valence-corrected chi connectivity index (χ1v) is 8.74. The molecule has 2 aliphatic rings. The molecule has 4 nitrogen and oxygen atoms in total. The molecule has 1 heterocycles. The van der Waals surface area contributed by atoms with E-state index in [0.29, 0.717) is 18.1 Å². The predicted octanol–water partition coefficient (Wildman–Crippen LogP) is 2.86. The van der Waals surface area contributed by atoms with Gasteiger partial charge < -0.3 is 15.4 Å². The third kappa shape index (κ3) is 3.20. The molecule has 23 heavy (non-hydrogen) atoms. The second-order valence-electron chi connectivity index (χ2n) is 7.03. The summed E-state index contributed by atoms with van der Waals surface area (Å²) >= 11 is 6.20. The highest BCUT2D eigenvalue weighted by Crippen LogP contribution is 2.52. The Kier molecular flexibility index (Phi) is 4.83. The molecular weight excluding hydrogens is 310 g/mol. The zero-order chi connectivity index (χ0) is 16.4. The molecule has 2 N–H and O–H groups in total. The molecule has 0 amide bonds. The van der Waals surface area contributed by atoms with Crippen molar-refractivity contribution in [1.29, 1.82) is 0 Å². The minimum absolute atomic E-state index is 0.154. The molecule has 1 saturated heterocycles. The summed E-state index contributed by atoms with van der Waals surface area (Å²) in [6.45, 7) is 6.24. The Morgan fingerprint density at radius 2 is 2.17 bits per heavy atom. The Labute approximate surface area is 143 Å². The highest BCUT2D eigenvalue weighted by Gasteiger charge is 2.59. The van der Waals surface area contributed by atoms with Crippen LogP contribution in [-0.4, -0.2) is 38.3 Å². The van der Waals surface area contributed by atoms with E-state index in [0.717, 1.165) is 42.5 Å². The van der Waals surface area contributed by atoms with Crippen LogP contribution in [0.4, 0.5) is 0 Å². The van der Waals surface area contributed by atoms with Gasteiger partial charge in [0.25, 0.3) is 0 Å². The van der Waals surface area contributed by atoms with E-state index in [-0.39, 0.29) is 5.41 Å². The monoisotopic (exact) mass is 335 g/mol. The minimum Gasteiger partial charge on any atom is -0.377 e. The predicted molar refractivity (Wildman–Crippen MR) is 95.1 cm³/mol. The van der Waals surface area contributed by atoms with E-state index in [4.69, 9.17) is 16.3 Å². The molecule has 3 unspecified atom stereocenters. The molecule has 5 heteroatoms. The SMILES string of the molecule is CN=C(NCCc1ccccc1Cl)NC1C2CCOC2C1(C)C. The number of fused-ring (bicyclic) bond motifs is 1. The third-order valence-corrected chi connectivity index (χ3v) is 5.63. The van der Waals surface area contributed by atoms with Gasteiger partial charge in [0.2, 0.25) is 0 Å². The zero-order valence-corrected chi connectivity index (χ0v) is 14.9. The molecule has 0 bridgehead atoms. The van der Waals surface area contributed by atoms with Crippen molar-refractivity contribution in [3.63, 3.8) is 0 Å². The largest absolute Gasteiger partial charge is 0.377 e. The van der Waals surface area contributed by atoms with Gasteiger partial charge in [0.05, 0.1) is 6.10 Å². The zero-order valence-electron chi connectivity index (χ0n) is 14.1. The molecule has 0 radical (unpaired) electrons. The maximum Gasteiger partial charge on any atom is 0.191 e. The van der Waals surface area contributed by atoms with Crippen LogP contribution < -0.4 is 10.6 Å². The van der Waals surface area contributed by atoms with Crippen LogP contribution in [0, 0.1) is 11.3 Å². The van der Waals surface area contributed by atoms with Crippen LogP contribution in [0.3, 0.4) is 0 Å². The first-order valence-electron chi connectivity index (χ1n) is 8.36. The van der Waals surface area contributed by atoms with Crippen LogP contribution in [0.5, 0.6) is 0 Å². The van der Waals surface area contributed by atoms with Crippen LogP contribution >= 0.6 is 11.6 Å². The third-order valence-electron chi connectivity index (χ3n) is 5.26. The Bertz CT molecular complexity index is 587. The molecular formula is C18H26ClN3O. The van der Waals surface area contributed by atoms with Gasteiger partial charge >= 0.3 is 0 Å². The molecule has 3 atom stereocenters. The fourth-order valence-corrected chi connectivity index (χ4v) is 4.21. The lowest BCUT2D eigenvalue weighted by atomic mass is 9.57. The number of halogens is 1. The lowest BCUT2D eigenvalue weighted by molar-refractivity contribution is -0.106. The fraction of sp³-hybridized carbons (Fsp3) is 0.611. The Hall–Kier alpha value is -1.26. The van der Waals surface area contributed by atoms with E-state index < -0.39 is 0 Å². The van der Waals surface area contributed by atoms with Crippen molar-refractivity contribution < 1.29 is 4.74 Å². The second-order valence-corrected chi connectivity index (χ2v) is 7.43. The Morgan fingerprint density at radius 1 is 1.39 bits per heavy atom. The lowest BCUT2D eigenvalue weighted by Crippen LogP contribution is -2.68. The fourth-order valence-electron chi connectivity index (χ4n) is 3.98. The van der Waals surface area contributed by atoms with Gasteiger partial charge in [-0.2, -0.15) is 0 Å². The summed E-state index contributed by atoms with van der Waals surface area (Å²) in [6, 6.07) is 8.39. The molecule has 1 aliphatic heterocycles. The number of aliphatic imine (C=N–C) groups is 1. The van der Waals surface area contributed by atoms with Crippen molar-refractivity contribution in [2.45, 2.75) is 38.8 Å². The number of rotatable bonds is 4. The first kappa shape index (κ1) is 16.6. The van der Waals surface area contributed by atoms with Crippen molar-refractivity contribution in [2.75, 3.05) is 20.2 Å². The van der Waals surface area contributed by atoms with Crippen LogP contribution in [0.2, 0.25) is 5.02 Å². The molecule has 1 aliphatic carbocycles. The van der Waals surface area contributed by atoms with E-state index in [1.807, 2.05) is 25.2 Å². The molecule has 0 spiro atoms. The number of hydrogen-bond acceptors (Lipinski definition) is 2. The van der Waals surface area contributed by atoms with Gasteiger partial charge in [0.15, 0.2) is 5.96 Å². The van der Waals surface area contributed by atoms with E-state index in [2.05, 4.69) is 35.5 Å². The molecule has 126 valence electrons. The number of ether oxygens (including phenoxy) is 1. The van der Waals surface area contributed by atoms with E-state index in [9.17, 15) is 0 Å². The van der Waals surface area contributed by atoms with Gasteiger partial charge in [-0.25, -0.2) is 0 Å². The molecule has 0 aromatic heterocycles. The average molecular weight is 336 g/mol. The summed E-state index contributed by atoms with van der Waals surface area (Å²) in [7, 11) is 1.82. The smallest absolute Gasteiger partial charge is 0.191 e. The molecule has 2 fully saturated rings. The maximum atomic E-state index is 6.20. The van der Waals surface area contributed by atoms with Gasteiger partial charge in [-0.15, -0.1) is 0 Å².